The Morgan fingerprint density at radius 3 is 2.24 bits per heavy atom. The molecule has 0 spiro atoms. The van der Waals surface area contributed by atoms with Crippen molar-refractivity contribution in [1.82, 2.24) is 0 Å². The lowest BCUT2D eigenvalue weighted by Gasteiger charge is -2.29. The summed E-state index contributed by atoms with van der Waals surface area (Å²) in [4.78, 5) is 1.95. The van der Waals surface area contributed by atoms with Crippen LogP contribution in [0.5, 0.6) is 0 Å². The molecular formula is C12H17F3N2. The minimum Gasteiger partial charge on any atom is -0.397 e. The molecule has 0 amide bonds. The Kier molecular flexibility index (Phi) is 3.91. The van der Waals surface area contributed by atoms with Gasteiger partial charge in [0.2, 0.25) is 0 Å². The molecule has 1 rings (SSSR count). The predicted molar refractivity (Wildman–Crippen MR) is 64.0 cm³/mol. The van der Waals surface area contributed by atoms with Crippen LogP contribution in [0.2, 0.25) is 0 Å². The Labute approximate surface area is 99.2 Å². The minimum absolute atomic E-state index is 0.162. The van der Waals surface area contributed by atoms with E-state index in [1.165, 1.54) is 6.07 Å². The molecule has 0 aromatic heterocycles. The number of hydrogen-bond acceptors (Lipinski definition) is 2. The third-order valence-electron chi connectivity index (χ3n) is 2.63. The van der Waals surface area contributed by atoms with Crippen LogP contribution in [0.4, 0.5) is 24.5 Å². The molecule has 0 radical (unpaired) electrons. The molecule has 1 aromatic carbocycles. The van der Waals surface area contributed by atoms with Gasteiger partial charge in [-0.25, -0.2) is 0 Å². The van der Waals surface area contributed by atoms with Crippen LogP contribution in [0.15, 0.2) is 18.2 Å². The van der Waals surface area contributed by atoms with Crippen molar-refractivity contribution in [1.29, 1.82) is 0 Å². The van der Waals surface area contributed by atoms with Gasteiger partial charge in [-0.05, 0) is 39.0 Å². The lowest BCUT2D eigenvalue weighted by Crippen LogP contribution is -2.31. The molecule has 0 bridgehead atoms. The number of alkyl halides is 3. The van der Waals surface area contributed by atoms with E-state index in [2.05, 4.69) is 0 Å². The van der Waals surface area contributed by atoms with Crippen LogP contribution >= 0.6 is 0 Å². The molecule has 1 aromatic rings. The SMILES string of the molecule is CCN(c1ccc(C(F)(F)F)cc1N)C(C)C. The van der Waals surface area contributed by atoms with Crippen LogP contribution in [-0.4, -0.2) is 12.6 Å². The number of halogens is 3. The van der Waals surface area contributed by atoms with E-state index < -0.39 is 11.7 Å². The largest absolute Gasteiger partial charge is 0.416 e. The summed E-state index contributed by atoms with van der Waals surface area (Å²) in [6.07, 6.45) is -4.35. The molecule has 96 valence electrons. The summed E-state index contributed by atoms with van der Waals surface area (Å²) in [5.74, 6) is 0. The molecule has 0 fully saturated rings. The van der Waals surface area contributed by atoms with E-state index in [0.717, 1.165) is 12.1 Å². The number of nitrogens with two attached hydrogens (primary N) is 1. The van der Waals surface area contributed by atoms with Gasteiger partial charge < -0.3 is 10.6 Å². The second-order valence-corrected chi connectivity index (χ2v) is 4.15. The first-order valence-electron chi connectivity index (χ1n) is 5.50. The third kappa shape index (κ3) is 3.05. The van der Waals surface area contributed by atoms with E-state index in [1.54, 1.807) is 0 Å². The van der Waals surface area contributed by atoms with Crippen molar-refractivity contribution in [3.05, 3.63) is 23.8 Å². The zero-order chi connectivity index (χ0) is 13.2. The number of nitrogen functional groups attached to an aromatic ring is 1. The first-order valence-corrected chi connectivity index (χ1v) is 5.50. The van der Waals surface area contributed by atoms with Gasteiger partial charge in [0.25, 0.3) is 0 Å². The van der Waals surface area contributed by atoms with Crippen molar-refractivity contribution in [3.63, 3.8) is 0 Å². The third-order valence-corrected chi connectivity index (χ3v) is 2.63. The molecule has 0 unspecified atom stereocenters. The summed E-state index contributed by atoms with van der Waals surface area (Å²) in [6, 6.07) is 3.68. The summed E-state index contributed by atoms with van der Waals surface area (Å²) in [5.41, 5.74) is 5.79. The zero-order valence-corrected chi connectivity index (χ0v) is 10.2. The zero-order valence-electron chi connectivity index (χ0n) is 10.2. The van der Waals surface area contributed by atoms with Crippen LogP contribution in [-0.2, 0) is 6.18 Å². The van der Waals surface area contributed by atoms with E-state index in [-0.39, 0.29) is 11.7 Å². The first-order chi connectivity index (χ1) is 7.77. The number of benzene rings is 1. The standard InChI is InChI=1S/C12H17F3N2/c1-4-17(8(2)3)11-6-5-9(7-10(11)16)12(13,14)15/h5-8H,4,16H2,1-3H3. The molecule has 17 heavy (non-hydrogen) atoms. The van der Waals surface area contributed by atoms with Crippen molar-refractivity contribution in [2.75, 3.05) is 17.2 Å². The summed E-state index contributed by atoms with van der Waals surface area (Å²) in [7, 11) is 0. The fraction of sp³-hybridized carbons (Fsp3) is 0.500. The average molecular weight is 246 g/mol. The first kappa shape index (κ1) is 13.7. The summed E-state index contributed by atoms with van der Waals surface area (Å²) < 4.78 is 37.4. The highest BCUT2D eigenvalue weighted by molar-refractivity contribution is 5.69. The van der Waals surface area contributed by atoms with Crippen molar-refractivity contribution in [2.24, 2.45) is 0 Å². The summed E-state index contributed by atoms with van der Waals surface area (Å²) in [5, 5.41) is 0. The maximum Gasteiger partial charge on any atom is 0.416 e. The average Bonchev–Trinajstić information content (AvgIpc) is 2.19. The van der Waals surface area contributed by atoms with Gasteiger partial charge in [-0.1, -0.05) is 0 Å². The topological polar surface area (TPSA) is 29.3 Å². The quantitative estimate of drug-likeness (QED) is 0.827. The maximum atomic E-state index is 12.5. The van der Waals surface area contributed by atoms with Gasteiger partial charge in [0.1, 0.15) is 0 Å². The van der Waals surface area contributed by atoms with Gasteiger partial charge in [0, 0.05) is 12.6 Å². The maximum absolute atomic E-state index is 12.5. The van der Waals surface area contributed by atoms with Crippen LogP contribution in [0.25, 0.3) is 0 Å². The van der Waals surface area contributed by atoms with Gasteiger partial charge in [-0.2, -0.15) is 13.2 Å². The number of anilines is 2. The van der Waals surface area contributed by atoms with Gasteiger partial charge >= 0.3 is 6.18 Å². The van der Waals surface area contributed by atoms with Crippen LogP contribution < -0.4 is 10.6 Å². The van der Waals surface area contributed by atoms with E-state index in [0.29, 0.717) is 12.2 Å². The Hall–Kier alpha value is -1.39. The minimum atomic E-state index is -4.35. The molecule has 0 aliphatic heterocycles. The van der Waals surface area contributed by atoms with Crippen LogP contribution in [0, 0.1) is 0 Å². The number of nitrogens with zero attached hydrogens (tertiary/aromatic N) is 1. The fourth-order valence-corrected chi connectivity index (χ4v) is 1.81. The molecular weight excluding hydrogens is 229 g/mol. The monoisotopic (exact) mass is 246 g/mol. The lowest BCUT2D eigenvalue weighted by atomic mass is 10.1. The number of rotatable bonds is 3. The molecule has 2 N–H and O–H groups in total. The van der Waals surface area contributed by atoms with Gasteiger partial charge in [0.05, 0.1) is 16.9 Å². The van der Waals surface area contributed by atoms with E-state index in [1.807, 2.05) is 25.7 Å². The van der Waals surface area contributed by atoms with E-state index >= 15 is 0 Å². The molecule has 0 heterocycles. The molecule has 0 aliphatic rings. The van der Waals surface area contributed by atoms with E-state index in [4.69, 9.17) is 5.73 Å². The second-order valence-electron chi connectivity index (χ2n) is 4.15. The van der Waals surface area contributed by atoms with Crippen LogP contribution in [0.1, 0.15) is 26.3 Å². The Morgan fingerprint density at radius 1 is 1.29 bits per heavy atom. The highest BCUT2D eigenvalue weighted by Gasteiger charge is 2.31. The van der Waals surface area contributed by atoms with Gasteiger partial charge in [-0.3, -0.25) is 0 Å². The van der Waals surface area contributed by atoms with Gasteiger partial charge in [0.15, 0.2) is 0 Å². The van der Waals surface area contributed by atoms with Crippen molar-refractivity contribution >= 4 is 11.4 Å². The Morgan fingerprint density at radius 2 is 1.88 bits per heavy atom. The van der Waals surface area contributed by atoms with E-state index in [9.17, 15) is 13.2 Å². The fourth-order valence-electron chi connectivity index (χ4n) is 1.81. The molecule has 5 heteroatoms. The predicted octanol–water partition coefficient (Wildman–Crippen LogP) is 3.52. The summed E-state index contributed by atoms with van der Waals surface area (Å²) >= 11 is 0. The smallest absolute Gasteiger partial charge is 0.397 e. The highest BCUT2D eigenvalue weighted by atomic mass is 19.4. The Balaban J connectivity index is 3.13. The molecule has 0 aliphatic carbocycles. The molecule has 0 atom stereocenters. The molecule has 0 saturated carbocycles. The molecule has 0 saturated heterocycles. The molecule has 2 nitrogen and oxygen atoms in total. The van der Waals surface area contributed by atoms with Crippen LogP contribution in [0.3, 0.4) is 0 Å². The normalized spacial score (nSPS) is 11.9. The van der Waals surface area contributed by atoms with Crippen molar-refractivity contribution < 1.29 is 13.2 Å². The number of hydrogen-bond donors (Lipinski definition) is 1. The van der Waals surface area contributed by atoms with Crippen molar-refractivity contribution in [2.45, 2.75) is 33.0 Å². The summed E-state index contributed by atoms with van der Waals surface area (Å²) in [6.45, 7) is 6.59. The Bertz CT molecular complexity index is 386. The van der Waals surface area contributed by atoms with Gasteiger partial charge in [-0.15, -0.1) is 0 Å². The highest BCUT2D eigenvalue weighted by Crippen LogP contribution is 2.34. The lowest BCUT2D eigenvalue weighted by molar-refractivity contribution is -0.137. The van der Waals surface area contributed by atoms with Crippen molar-refractivity contribution in [3.8, 4) is 0 Å². The second kappa shape index (κ2) is 4.85.